The van der Waals surface area contributed by atoms with Crippen LogP contribution in [0.5, 0.6) is 0 Å². The fourth-order valence-electron chi connectivity index (χ4n) is 2.51. The molecule has 0 bridgehead atoms. The first kappa shape index (κ1) is 13.9. The zero-order chi connectivity index (χ0) is 14.2. The SMILES string of the molecule is CCCS(=O)(=O)N1CCC(c2nn3cnnc3s2)CC1. The predicted molar refractivity (Wildman–Crippen MR) is 76.3 cm³/mol. The van der Waals surface area contributed by atoms with E-state index in [9.17, 15) is 8.42 Å². The van der Waals surface area contributed by atoms with Crippen molar-refractivity contribution >= 4 is 26.3 Å². The van der Waals surface area contributed by atoms with E-state index in [2.05, 4.69) is 15.3 Å². The topological polar surface area (TPSA) is 80.5 Å². The minimum Gasteiger partial charge on any atom is -0.212 e. The quantitative estimate of drug-likeness (QED) is 0.844. The van der Waals surface area contributed by atoms with Gasteiger partial charge in [-0.2, -0.15) is 9.61 Å². The maximum absolute atomic E-state index is 12.0. The Hall–Kier alpha value is -1.06. The molecule has 1 aliphatic rings. The summed E-state index contributed by atoms with van der Waals surface area (Å²) in [5, 5.41) is 13.3. The summed E-state index contributed by atoms with van der Waals surface area (Å²) in [6.07, 6.45) is 3.91. The molecule has 3 heterocycles. The van der Waals surface area contributed by atoms with E-state index in [-0.39, 0.29) is 5.75 Å². The lowest BCUT2D eigenvalue weighted by atomic mass is 9.99. The Morgan fingerprint density at radius 2 is 2.15 bits per heavy atom. The van der Waals surface area contributed by atoms with Crippen LogP contribution < -0.4 is 0 Å². The van der Waals surface area contributed by atoms with Gasteiger partial charge in [0.1, 0.15) is 11.3 Å². The molecule has 0 amide bonds. The van der Waals surface area contributed by atoms with Gasteiger partial charge in [0, 0.05) is 19.0 Å². The molecule has 0 radical (unpaired) electrons. The Kier molecular flexibility index (Phi) is 3.74. The number of piperidine rings is 1. The molecule has 2 aromatic rings. The van der Waals surface area contributed by atoms with Crippen molar-refractivity contribution in [2.45, 2.75) is 32.1 Å². The third-order valence-electron chi connectivity index (χ3n) is 3.56. The second-order valence-corrected chi connectivity index (χ2v) is 8.06. The molecule has 20 heavy (non-hydrogen) atoms. The third-order valence-corrected chi connectivity index (χ3v) is 6.71. The van der Waals surface area contributed by atoms with Gasteiger partial charge in [0.15, 0.2) is 0 Å². The molecular formula is C11H17N5O2S2. The molecule has 0 N–H and O–H groups in total. The third kappa shape index (κ3) is 2.57. The van der Waals surface area contributed by atoms with E-state index in [1.54, 1.807) is 15.1 Å². The lowest BCUT2D eigenvalue weighted by molar-refractivity contribution is 0.318. The van der Waals surface area contributed by atoms with Crippen LogP contribution in [-0.4, -0.2) is 51.4 Å². The molecule has 110 valence electrons. The molecule has 0 atom stereocenters. The monoisotopic (exact) mass is 315 g/mol. The average molecular weight is 315 g/mol. The Balaban J connectivity index is 1.68. The molecular weight excluding hydrogens is 298 g/mol. The molecule has 3 rings (SSSR count). The minimum atomic E-state index is -3.06. The van der Waals surface area contributed by atoms with Gasteiger partial charge < -0.3 is 0 Å². The Morgan fingerprint density at radius 3 is 2.80 bits per heavy atom. The van der Waals surface area contributed by atoms with Gasteiger partial charge in [-0.05, 0) is 19.3 Å². The summed E-state index contributed by atoms with van der Waals surface area (Å²) in [7, 11) is -3.06. The van der Waals surface area contributed by atoms with Crippen LogP contribution in [0.1, 0.15) is 37.1 Å². The van der Waals surface area contributed by atoms with Gasteiger partial charge in [0.2, 0.25) is 15.0 Å². The van der Waals surface area contributed by atoms with Crippen LogP contribution in [-0.2, 0) is 10.0 Å². The number of hydrogen-bond acceptors (Lipinski definition) is 6. The van der Waals surface area contributed by atoms with E-state index in [0.717, 1.165) is 22.8 Å². The van der Waals surface area contributed by atoms with E-state index >= 15 is 0 Å². The van der Waals surface area contributed by atoms with Crippen LogP contribution in [0.25, 0.3) is 4.96 Å². The number of rotatable bonds is 4. The zero-order valence-electron chi connectivity index (χ0n) is 11.3. The maximum Gasteiger partial charge on any atom is 0.234 e. The fourth-order valence-corrected chi connectivity index (χ4v) is 5.04. The number of hydrogen-bond donors (Lipinski definition) is 0. The molecule has 2 aromatic heterocycles. The van der Waals surface area contributed by atoms with E-state index in [4.69, 9.17) is 0 Å². The second-order valence-electron chi connectivity index (χ2n) is 4.99. The van der Waals surface area contributed by atoms with Crippen LogP contribution in [0.4, 0.5) is 0 Å². The summed E-state index contributed by atoms with van der Waals surface area (Å²) in [4.78, 5) is 0.793. The molecule has 1 saturated heterocycles. The van der Waals surface area contributed by atoms with E-state index in [1.165, 1.54) is 11.3 Å². The first-order chi connectivity index (χ1) is 9.60. The van der Waals surface area contributed by atoms with Crippen molar-refractivity contribution < 1.29 is 8.42 Å². The highest BCUT2D eigenvalue weighted by Gasteiger charge is 2.29. The van der Waals surface area contributed by atoms with Gasteiger partial charge in [-0.1, -0.05) is 18.3 Å². The summed E-state index contributed by atoms with van der Waals surface area (Å²) in [6, 6.07) is 0. The Labute approximate surface area is 121 Å². The smallest absolute Gasteiger partial charge is 0.212 e. The standard InChI is InChI=1S/C11H17N5O2S2/c1-2-7-20(17,18)15-5-3-9(4-6-15)10-14-16-8-12-13-11(16)19-10/h8-9H,2-7H2,1H3. The highest BCUT2D eigenvalue weighted by Crippen LogP contribution is 2.31. The van der Waals surface area contributed by atoms with Crippen molar-refractivity contribution in [3.05, 3.63) is 11.3 Å². The molecule has 0 spiro atoms. The largest absolute Gasteiger partial charge is 0.234 e. The van der Waals surface area contributed by atoms with Crippen LogP contribution in [0.2, 0.25) is 0 Å². The van der Waals surface area contributed by atoms with Crippen molar-refractivity contribution in [1.29, 1.82) is 0 Å². The predicted octanol–water partition coefficient (Wildman–Crippen LogP) is 1.10. The number of nitrogens with zero attached hydrogens (tertiary/aromatic N) is 5. The Morgan fingerprint density at radius 1 is 1.40 bits per heavy atom. The van der Waals surface area contributed by atoms with Crippen molar-refractivity contribution in [2.24, 2.45) is 0 Å². The molecule has 1 fully saturated rings. The highest BCUT2D eigenvalue weighted by molar-refractivity contribution is 7.89. The van der Waals surface area contributed by atoms with Crippen molar-refractivity contribution in [2.75, 3.05) is 18.8 Å². The van der Waals surface area contributed by atoms with Crippen molar-refractivity contribution in [3.63, 3.8) is 0 Å². The van der Waals surface area contributed by atoms with Gasteiger partial charge in [0.05, 0.1) is 5.75 Å². The van der Waals surface area contributed by atoms with Crippen LogP contribution in [0.15, 0.2) is 6.33 Å². The van der Waals surface area contributed by atoms with Gasteiger partial charge in [-0.3, -0.25) is 0 Å². The van der Waals surface area contributed by atoms with Gasteiger partial charge in [-0.15, -0.1) is 10.2 Å². The van der Waals surface area contributed by atoms with E-state index in [0.29, 0.717) is 25.4 Å². The van der Waals surface area contributed by atoms with Crippen LogP contribution in [0, 0.1) is 0 Å². The Bertz CT molecular complexity index is 656. The number of aromatic nitrogens is 4. The maximum atomic E-state index is 12.0. The summed E-state index contributed by atoms with van der Waals surface area (Å²) in [5.41, 5.74) is 0. The van der Waals surface area contributed by atoms with Gasteiger partial charge in [0.25, 0.3) is 0 Å². The summed E-state index contributed by atoms with van der Waals surface area (Å²) in [6.45, 7) is 3.07. The van der Waals surface area contributed by atoms with Crippen LogP contribution >= 0.6 is 11.3 Å². The molecule has 0 aliphatic carbocycles. The van der Waals surface area contributed by atoms with Crippen LogP contribution in [0.3, 0.4) is 0 Å². The highest BCUT2D eigenvalue weighted by atomic mass is 32.2. The molecule has 0 saturated carbocycles. The van der Waals surface area contributed by atoms with E-state index < -0.39 is 10.0 Å². The van der Waals surface area contributed by atoms with E-state index in [1.807, 2.05) is 6.92 Å². The number of sulfonamides is 1. The molecule has 7 nitrogen and oxygen atoms in total. The summed E-state index contributed by atoms with van der Waals surface area (Å²) < 4.78 is 27.3. The summed E-state index contributed by atoms with van der Waals surface area (Å²) in [5.74, 6) is 0.573. The van der Waals surface area contributed by atoms with Gasteiger partial charge >= 0.3 is 0 Å². The fraction of sp³-hybridized carbons (Fsp3) is 0.727. The van der Waals surface area contributed by atoms with Gasteiger partial charge in [-0.25, -0.2) is 12.7 Å². The molecule has 0 aromatic carbocycles. The molecule has 0 unspecified atom stereocenters. The minimum absolute atomic E-state index is 0.244. The molecule has 1 aliphatic heterocycles. The first-order valence-corrected chi connectivity index (χ1v) is 9.17. The second kappa shape index (κ2) is 5.38. The lowest BCUT2D eigenvalue weighted by Gasteiger charge is -2.30. The zero-order valence-corrected chi connectivity index (χ0v) is 12.9. The number of fused-ring (bicyclic) bond motifs is 1. The van der Waals surface area contributed by atoms with Crippen molar-refractivity contribution in [3.8, 4) is 0 Å². The average Bonchev–Trinajstić information content (AvgIpc) is 2.99. The molecule has 9 heteroatoms. The first-order valence-electron chi connectivity index (χ1n) is 6.74. The normalized spacial score (nSPS) is 18.9. The van der Waals surface area contributed by atoms with Crippen molar-refractivity contribution in [1.82, 2.24) is 24.1 Å². The summed E-state index contributed by atoms with van der Waals surface area (Å²) >= 11 is 1.54. The lowest BCUT2D eigenvalue weighted by Crippen LogP contribution is -2.39.